The molecule has 9 heteroatoms. The van der Waals surface area contributed by atoms with E-state index in [1.807, 2.05) is 88.6 Å². The first-order chi connectivity index (χ1) is 20.7. The van der Waals surface area contributed by atoms with Crippen molar-refractivity contribution in [3.05, 3.63) is 122 Å². The fraction of sp³-hybridized carbons (Fsp3) is 0.229. The highest BCUT2D eigenvalue weighted by Crippen LogP contribution is 2.45. The summed E-state index contributed by atoms with van der Waals surface area (Å²) >= 11 is 0. The minimum atomic E-state index is -0.451. The van der Waals surface area contributed by atoms with E-state index >= 15 is 0 Å². The van der Waals surface area contributed by atoms with E-state index < -0.39 is 9.85 Å². The van der Waals surface area contributed by atoms with Crippen LogP contribution in [0, 0.1) is 20.2 Å². The molecule has 0 aliphatic rings. The molecule has 1 aromatic heterocycles. The van der Waals surface area contributed by atoms with Gasteiger partial charge in [0.05, 0.1) is 21.2 Å². The molecular formula is C35H34N4O5. The molecular weight excluding hydrogens is 556 g/mol. The standard InChI is InChI=1S/C35H34N4O5/c1-34(2,3)28-20-24(21-29(32(28)40)35(4,5)6)33-36-30(22-12-16-26(17-13-22)38(41)42)31(37(33)25-10-8-7-9-11-25)23-14-18-27(19-15-23)39(43)44/h7-21,40H,1-6H3. The molecule has 5 rings (SSSR count). The normalized spacial score (nSPS) is 11.9. The first-order valence-corrected chi connectivity index (χ1v) is 14.2. The Balaban J connectivity index is 1.92. The number of phenolic OH excluding ortho intramolecular Hbond substituents is 1. The van der Waals surface area contributed by atoms with E-state index in [1.165, 1.54) is 24.3 Å². The van der Waals surface area contributed by atoms with Crippen molar-refractivity contribution in [2.24, 2.45) is 0 Å². The van der Waals surface area contributed by atoms with Crippen molar-refractivity contribution in [2.75, 3.05) is 0 Å². The summed E-state index contributed by atoms with van der Waals surface area (Å²) in [6.07, 6.45) is 0. The van der Waals surface area contributed by atoms with Gasteiger partial charge in [-0.3, -0.25) is 24.8 Å². The molecule has 0 atom stereocenters. The number of aromatic hydroxyl groups is 1. The number of para-hydroxylation sites is 1. The lowest BCUT2D eigenvalue weighted by Gasteiger charge is -2.28. The van der Waals surface area contributed by atoms with E-state index in [4.69, 9.17) is 4.98 Å². The molecule has 0 fully saturated rings. The third-order valence-electron chi connectivity index (χ3n) is 7.58. The van der Waals surface area contributed by atoms with Crippen LogP contribution in [-0.2, 0) is 10.8 Å². The molecule has 0 amide bonds. The van der Waals surface area contributed by atoms with Gasteiger partial charge in [-0.1, -0.05) is 59.7 Å². The van der Waals surface area contributed by atoms with Crippen molar-refractivity contribution in [1.82, 2.24) is 9.55 Å². The van der Waals surface area contributed by atoms with Gasteiger partial charge in [-0.2, -0.15) is 0 Å². The second-order valence-electron chi connectivity index (χ2n) is 12.8. The molecule has 44 heavy (non-hydrogen) atoms. The number of aromatic nitrogens is 2. The van der Waals surface area contributed by atoms with Crippen LogP contribution in [0.25, 0.3) is 39.6 Å². The van der Waals surface area contributed by atoms with Gasteiger partial charge in [0.1, 0.15) is 11.6 Å². The molecule has 1 N–H and O–H groups in total. The van der Waals surface area contributed by atoms with Gasteiger partial charge >= 0.3 is 0 Å². The number of rotatable bonds is 6. The first-order valence-electron chi connectivity index (χ1n) is 14.2. The number of nitro benzene ring substituents is 2. The highest BCUT2D eigenvalue weighted by Gasteiger charge is 2.30. The largest absolute Gasteiger partial charge is 0.507 e. The summed E-state index contributed by atoms with van der Waals surface area (Å²) in [6, 6.07) is 26.1. The number of benzene rings is 4. The number of hydrogen-bond donors (Lipinski definition) is 1. The van der Waals surface area contributed by atoms with Gasteiger partial charge in [-0.15, -0.1) is 0 Å². The molecule has 4 aromatic carbocycles. The van der Waals surface area contributed by atoms with Crippen molar-refractivity contribution in [3.8, 4) is 45.3 Å². The molecule has 0 radical (unpaired) electrons. The Hall–Kier alpha value is -5.31. The van der Waals surface area contributed by atoms with Gasteiger partial charge in [-0.25, -0.2) is 4.98 Å². The second kappa shape index (κ2) is 11.1. The minimum absolute atomic E-state index is 0.0418. The van der Waals surface area contributed by atoms with E-state index in [1.54, 1.807) is 24.3 Å². The Kier molecular flexibility index (Phi) is 7.59. The predicted molar refractivity (Wildman–Crippen MR) is 172 cm³/mol. The van der Waals surface area contributed by atoms with Crippen LogP contribution in [0.1, 0.15) is 52.7 Å². The van der Waals surface area contributed by atoms with Crippen LogP contribution >= 0.6 is 0 Å². The fourth-order valence-electron chi connectivity index (χ4n) is 5.30. The van der Waals surface area contributed by atoms with Gasteiger partial charge in [0, 0.05) is 57.8 Å². The quantitative estimate of drug-likeness (QED) is 0.155. The average molecular weight is 591 g/mol. The third kappa shape index (κ3) is 5.68. The zero-order valence-electron chi connectivity index (χ0n) is 25.5. The Morgan fingerprint density at radius 3 is 1.55 bits per heavy atom. The monoisotopic (exact) mass is 590 g/mol. The van der Waals surface area contributed by atoms with Crippen molar-refractivity contribution >= 4 is 11.4 Å². The maximum absolute atomic E-state index is 11.5. The van der Waals surface area contributed by atoms with Crippen LogP contribution in [-0.4, -0.2) is 24.5 Å². The summed E-state index contributed by atoms with van der Waals surface area (Å²) in [5.74, 6) is 0.839. The average Bonchev–Trinajstić information content (AvgIpc) is 3.37. The summed E-state index contributed by atoms with van der Waals surface area (Å²) < 4.78 is 2.00. The summed E-state index contributed by atoms with van der Waals surface area (Å²) in [6.45, 7) is 12.3. The summed E-state index contributed by atoms with van der Waals surface area (Å²) in [7, 11) is 0. The fourth-order valence-corrected chi connectivity index (χ4v) is 5.30. The molecule has 0 aliphatic heterocycles. The highest BCUT2D eigenvalue weighted by molar-refractivity contribution is 5.85. The molecule has 9 nitrogen and oxygen atoms in total. The van der Waals surface area contributed by atoms with E-state index in [-0.39, 0.29) is 28.0 Å². The van der Waals surface area contributed by atoms with Crippen molar-refractivity contribution in [1.29, 1.82) is 0 Å². The maximum Gasteiger partial charge on any atom is 0.269 e. The Morgan fingerprint density at radius 2 is 1.11 bits per heavy atom. The number of non-ortho nitro benzene ring substituents is 2. The van der Waals surface area contributed by atoms with Crippen LogP contribution in [0.5, 0.6) is 5.75 Å². The van der Waals surface area contributed by atoms with E-state index in [2.05, 4.69) is 0 Å². The van der Waals surface area contributed by atoms with Crippen LogP contribution < -0.4 is 0 Å². The molecule has 5 aromatic rings. The molecule has 0 unspecified atom stereocenters. The van der Waals surface area contributed by atoms with Crippen molar-refractivity contribution < 1.29 is 15.0 Å². The SMILES string of the molecule is CC(C)(C)c1cc(-c2nc(-c3ccc([N+](=O)[O-])cc3)c(-c3ccc([N+](=O)[O-])cc3)n2-c2ccccc2)cc(C(C)(C)C)c1O. The summed E-state index contributed by atoms with van der Waals surface area (Å²) in [5, 5.41) is 34.3. The van der Waals surface area contributed by atoms with Gasteiger partial charge in [-0.05, 0) is 59.4 Å². The van der Waals surface area contributed by atoms with Crippen molar-refractivity contribution in [2.45, 2.75) is 52.4 Å². The number of phenols is 1. The molecule has 1 heterocycles. The lowest BCUT2D eigenvalue weighted by Crippen LogP contribution is -2.17. The molecule has 0 saturated heterocycles. The Morgan fingerprint density at radius 1 is 0.659 bits per heavy atom. The van der Waals surface area contributed by atoms with Crippen LogP contribution in [0.3, 0.4) is 0 Å². The Labute approximate surface area is 255 Å². The topological polar surface area (TPSA) is 124 Å². The lowest BCUT2D eigenvalue weighted by molar-refractivity contribution is -0.385. The Bertz CT molecular complexity index is 1830. The van der Waals surface area contributed by atoms with Crippen LogP contribution in [0.2, 0.25) is 0 Å². The zero-order chi connectivity index (χ0) is 32.0. The maximum atomic E-state index is 11.5. The molecule has 0 bridgehead atoms. The number of imidazole rings is 1. The molecule has 224 valence electrons. The van der Waals surface area contributed by atoms with Crippen LogP contribution in [0.15, 0.2) is 91.0 Å². The zero-order valence-corrected chi connectivity index (χ0v) is 25.5. The van der Waals surface area contributed by atoms with Crippen molar-refractivity contribution in [3.63, 3.8) is 0 Å². The highest BCUT2D eigenvalue weighted by atomic mass is 16.6. The van der Waals surface area contributed by atoms with E-state index in [0.717, 1.165) is 22.4 Å². The molecule has 0 spiro atoms. The van der Waals surface area contributed by atoms with E-state index in [0.29, 0.717) is 28.3 Å². The number of nitro groups is 2. The number of hydrogen-bond acceptors (Lipinski definition) is 6. The van der Waals surface area contributed by atoms with E-state index in [9.17, 15) is 25.3 Å². The number of nitrogens with zero attached hydrogens (tertiary/aromatic N) is 4. The molecule has 0 saturated carbocycles. The van der Waals surface area contributed by atoms with Gasteiger partial charge in [0.15, 0.2) is 0 Å². The van der Waals surface area contributed by atoms with Gasteiger partial charge < -0.3 is 5.11 Å². The molecule has 0 aliphatic carbocycles. The lowest BCUT2D eigenvalue weighted by atomic mass is 9.78. The summed E-state index contributed by atoms with van der Waals surface area (Å²) in [4.78, 5) is 27.2. The first kappa shape index (κ1) is 30.2. The van der Waals surface area contributed by atoms with Gasteiger partial charge in [0.25, 0.3) is 11.4 Å². The third-order valence-corrected chi connectivity index (χ3v) is 7.58. The minimum Gasteiger partial charge on any atom is -0.507 e. The van der Waals surface area contributed by atoms with Crippen LogP contribution in [0.4, 0.5) is 11.4 Å². The van der Waals surface area contributed by atoms with Gasteiger partial charge in [0.2, 0.25) is 0 Å². The predicted octanol–water partition coefficient (Wildman–Crippen LogP) is 8.99. The second-order valence-corrected chi connectivity index (χ2v) is 12.8. The smallest absolute Gasteiger partial charge is 0.269 e. The summed E-state index contributed by atoms with van der Waals surface area (Å²) in [5.41, 5.74) is 4.82.